The van der Waals surface area contributed by atoms with Crippen molar-refractivity contribution >= 4 is 5.96 Å². The number of hydrogen-bond acceptors (Lipinski definition) is 2. The van der Waals surface area contributed by atoms with Crippen LogP contribution in [0.5, 0.6) is 0 Å². The van der Waals surface area contributed by atoms with Gasteiger partial charge in [-0.05, 0) is 51.7 Å². The minimum absolute atomic E-state index is 0.415. The van der Waals surface area contributed by atoms with E-state index in [1.807, 2.05) is 0 Å². The van der Waals surface area contributed by atoms with E-state index in [4.69, 9.17) is 9.73 Å². The smallest absolute Gasteiger partial charge is 0.194 e. The van der Waals surface area contributed by atoms with Gasteiger partial charge in [0.2, 0.25) is 0 Å². The molecule has 4 nitrogen and oxygen atoms in total. The number of ether oxygens (including phenoxy) is 1. The van der Waals surface area contributed by atoms with Crippen molar-refractivity contribution in [1.82, 2.24) is 10.2 Å². The van der Waals surface area contributed by atoms with Crippen molar-refractivity contribution in [3.63, 3.8) is 0 Å². The number of nitrogens with one attached hydrogen (secondary N) is 1. The highest BCUT2D eigenvalue weighted by molar-refractivity contribution is 5.80. The van der Waals surface area contributed by atoms with Gasteiger partial charge in [0.25, 0.3) is 0 Å². The third-order valence-electron chi connectivity index (χ3n) is 4.38. The van der Waals surface area contributed by atoms with Crippen LogP contribution in [0.2, 0.25) is 0 Å². The van der Waals surface area contributed by atoms with Gasteiger partial charge >= 0.3 is 0 Å². The Labute approximate surface area is 140 Å². The minimum Gasteiger partial charge on any atom is -0.378 e. The largest absolute Gasteiger partial charge is 0.378 e. The van der Waals surface area contributed by atoms with Crippen LogP contribution < -0.4 is 5.32 Å². The number of likely N-dealkylation sites (tertiary alicyclic amines) is 1. The zero-order chi connectivity index (χ0) is 16.7. The van der Waals surface area contributed by atoms with Crippen LogP contribution in [0, 0.1) is 13.8 Å². The van der Waals surface area contributed by atoms with E-state index in [0.717, 1.165) is 51.6 Å². The minimum atomic E-state index is 0.415. The zero-order valence-corrected chi connectivity index (χ0v) is 15.1. The maximum absolute atomic E-state index is 5.74. The summed E-state index contributed by atoms with van der Waals surface area (Å²) in [5.74, 6) is 1.03. The van der Waals surface area contributed by atoms with Crippen LogP contribution in [0.4, 0.5) is 0 Å². The van der Waals surface area contributed by atoms with Crippen molar-refractivity contribution in [3.8, 4) is 0 Å². The molecular formula is C19H31N3O. The molecule has 1 aromatic carbocycles. The third kappa shape index (κ3) is 5.24. The highest BCUT2D eigenvalue weighted by Crippen LogP contribution is 2.15. The Morgan fingerprint density at radius 1 is 1.26 bits per heavy atom. The van der Waals surface area contributed by atoms with Gasteiger partial charge in [-0.3, -0.25) is 0 Å². The molecule has 0 spiro atoms. The molecule has 1 aromatic rings. The highest BCUT2D eigenvalue weighted by atomic mass is 16.5. The van der Waals surface area contributed by atoms with E-state index < -0.39 is 0 Å². The Kier molecular flexibility index (Phi) is 6.90. The molecule has 0 amide bonds. The predicted octanol–water partition coefficient (Wildman–Crippen LogP) is 3.27. The maximum atomic E-state index is 5.74. The van der Waals surface area contributed by atoms with E-state index in [2.05, 4.69) is 56.1 Å². The molecule has 1 N–H and O–H groups in total. The van der Waals surface area contributed by atoms with E-state index in [-0.39, 0.29) is 0 Å². The van der Waals surface area contributed by atoms with Gasteiger partial charge in [-0.1, -0.05) is 23.8 Å². The van der Waals surface area contributed by atoms with E-state index in [9.17, 15) is 0 Å². The van der Waals surface area contributed by atoms with E-state index in [1.54, 1.807) is 0 Å². The molecule has 1 aliphatic rings. The summed E-state index contributed by atoms with van der Waals surface area (Å²) < 4.78 is 5.74. The van der Waals surface area contributed by atoms with E-state index in [0.29, 0.717) is 6.10 Å². The fourth-order valence-corrected chi connectivity index (χ4v) is 3.08. The molecular weight excluding hydrogens is 286 g/mol. The number of guanidine groups is 1. The lowest BCUT2D eigenvalue weighted by Crippen LogP contribution is -2.47. The van der Waals surface area contributed by atoms with Crippen molar-refractivity contribution in [1.29, 1.82) is 0 Å². The first-order chi connectivity index (χ1) is 11.1. The lowest BCUT2D eigenvalue weighted by atomic mass is 10.1. The number of rotatable bonds is 5. The number of aryl methyl sites for hydroxylation is 2. The number of aliphatic imine (C=N–C) groups is 1. The van der Waals surface area contributed by atoms with Gasteiger partial charge in [-0.15, -0.1) is 0 Å². The third-order valence-corrected chi connectivity index (χ3v) is 4.38. The molecule has 1 saturated heterocycles. The molecule has 0 aromatic heterocycles. The van der Waals surface area contributed by atoms with Gasteiger partial charge in [0.05, 0.1) is 12.6 Å². The van der Waals surface area contributed by atoms with Gasteiger partial charge in [0, 0.05) is 26.2 Å². The van der Waals surface area contributed by atoms with Crippen molar-refractivity contribution in [2.45, 2.75) is 53.2 Å². The molecule has 23 heavy (non-hydrogen) atoms. The molecule has 0 aliphatic carbocycles. The van der Waals surface area contributed by atoms with E-state index >= 15 is 0 Å². The Balaban J connectivity index is 2.00. The average Bonchev–Trinajstić information content (AvgIpc) is 2.54. The Hall–Kier alpha value is -1.55. The summed E-state index contributed by atoms with van der Waals surface area (Å²) in [6.45, 7) is 13.0. The van der Waals surface area contributed by atoms with Crippen molar-refractivity contribution in [2.24, 2.45) is 4.99 Å². The topological polar surface area (TPSA) is 36.9 Å². The molecule has 0 atom stereocenters. The van der Waals surface area contributed by atoms with Crippen LogP contribution in [-0.4, -0.2) is 43.2 Å². The van der Waals surface area contributed by atoms with Crippen LogP contribution in [0.15, 0.2) is 23.2 Å². The molecule has 0 bridgehead atoms. The maximum Gasteiger partial charge on any atom is 0.194 e. The second-order valence-electron chi connectivity index (χ2n) is 6.24. The van der Waals surface area contributed by atoms with Crippen molar-refractivity contribution < 1.29 is 4.74 Å². The average molecular weight is 317 g/mol. The summed E-state index contributed by atoms with van der Waals surface area (Å²) in [5, 5.41) is 3.44. The van der Waals surface area contributed by atoms with Crippen LogP contribution in [-0.2, 0) is 11.3 Å². The van der Waals surface area contributed by atoms with Gasteiger partial charge < -0.3 is 15.0 Å². The first-order valence-electron chi connectivity index (χ1n) is 8.85. The summed E-state index contributed by atoms with van der Waals surface area (Å²) in [7, 11) is 0. The normalized spacial score (nSPS) is 16.7. The lowest BCUT2D eigenvalue weighted by Gasteiger charge is -2.34. The lowest BCUT2D eigenvalue weighted by molar-refractivity contribution is 0.0263. The molecule has 128 valence electrons. The fraction of sp³-hybridized carbons (Fsp3) is 0.632. The summed E-state index contributed by atoms with van der Waals surface area (Å²) in [6, 6.07) is 6.59. The number of hydrogen-bond donors (Lipinski definition) is 1. The van der Waals surface area contributed by atoms with Crippen LogP contribution in [0.3, 0.4) is 0 Å². The molecule has 2 rings (SSSR count). The summed E-state index contributed by atoms with van der Waals surface area (Å²) >= 11 is 0. The molecule has 1 aliphatic heterocycles. The molecule has 1 fully saturated rings. The van der Waals surface area contributed by atoms with Crippen molar-refractivity contribution in [3.05, 3.63) is 34.9 Å². The van der Waals surface area contributed by atoms with Crippen LogP contribution in [0.1, 0.15) is 43.4 Å². The fourth-order valence-electron chi connectivity index (χ4n) is 3.08. The second-order valence-corrected chi connectivity index (χ2v) is 6.24. The summed E-state index contributed by atoms with van der Waals surface area (Å²) in [4.78, 5) is 7.22. The summed E-state index contributed by atoms with van der Waals surface area (Å²) in [5.41, 5.74) is 3.93. The predicted molar refractivity (Wildman–Crippen MR) is 97.0 cm³/mol. The Morgan fingerprint density at radius 2 is 2.00 bits per heavy atom. The second kappa shape index (κ2) is 8.92. The van der Waals surface area contributed by atoms with Gasteiger partial charge in [-0.25, -0.2) is 4.99 Å². The monoisotopic (exact) mass is 317 g/mol. The summed E-state index contributed by atoms with van der Waals surface area (Å²) in [6.07, 6.45) is 2.59. The van der Waals surface area contributed by atoms with Crippen LogP contribution in [0.25, 0.3) is 0 Å². The number of nitrogens with zero attached hydrogens (tertiary/aromatic N) is 2. The van der Waals surface area contributed by atoms with Gasteiger partial charge in [0.1, 0.15) is 0 Å². The molecule has 0 saturated carbocycles. The first-order valence-corrected chi connectivity index (χ1v) is 8.85. The molecule has 0 unspecified atom stereocenters. The molecule has 0 radical (unpaired) electrons. The van der Waals surface area contributed by atoms with E-state index in [1.165, 1.54) is 16.7 Å². The number of piperidine rings is 1. The quantitative estimate of drug-likeness (QED) is 0.669. The number of benzene rings is 1. The van der Waals surface area contributed by atoms with Gasteiger partial charge in [0.15, 0.2) is 5.96 Å². The highest BCUT2D eigenvalue weighted by Gasteiger charge is 2.21. The molecule has 1 heterocycles. The first kappa shape index (κ1) is 17.8. The zero-order valence-electron chi connectivity index (χ0n) is 15.1. The Bertz CT molecular complexity index is 519. The van der Waals surface area contributed by atoms with Gasteiger partial charge in [-0.2, -0.15) is 0 Å². The SMILES string of the molecule is CCNC(=NCc1ccc(C)cc1C)N1CCC(OCC)CC1. The Morgan fingerprint density at radius 3 is 2.61 bits per heavy atom. The standard InChI is InChI=1S/C19H31N3O/c1-5-20-19(22-11-9-18(10-12-22)23-6-2)21-14-17-8-7-15(3)13-16(17)4/h7-8,13,18H,5-6,9-12,14H2,1-4H3,(H,20,21). The van der Waals surface area contributed by atoms with Crippen LogP contribution >= 0.6 is 0 Å². The van der Waals surface area contributed by atoms with Crippen molar-refractivity contribution in [2.75, 3.05) is 26.2 Å². The molecule has 4 heteroatoms.